The lowest BCUT2D eigenvalue weighted by atomic mass is 10.2. The van der Waals surface area contributed by atoms with Crippen molar-refractivity contribution in [2.24, 2.45) is 0 Å². The van der Waals surface area contributed by atoms with Crippen LogP contribution in [-0.2, 0) is 14.3 Å². The Morgan fingerprint density at radius 1 is 1.26 bits per heavy atom. The average Bonchev–Trinajstić information content (AvgIpc) is 2.64. The Kier molecular flexibility index (Phi) is 7.53. The number of aryl methyl sites for hydroxylation is 1. The quantitative estimate of drug-likeness (QED) is 0.423. The molecule has 0 spiro atoms. The van der Waals surface area contributed by atoms with Crippen LogP contribution in [0.2, 0.25) is 5.02 Å². The van der Waals surface area contributed by atoms with Crippen LogP contribution in [0.4, 0.5) is 5.69 Å². The molecule has 6 nitrogen and oxygen atoms in total. The number of nitrogens with one attached hydrogen (secondary N) is 1. The van der Waals surface area contributed by atoms with Crippen LogP contribution >= 0.6 is 23.4 Å². The third-order valence-corrected chi connectivity index (χ3v) is 4.27. The van der Waals surface area contributed by atoms with Crippen molar-refractivity contribution in [2.75, 3.05) is 11.9 Å². The van der Waals surface area contributed by atoms with E-state index < -0.39 is 24.6 Å². The molecular formula is C19H17ClN2O4S. The Morgan fingerprint density at radius 2 is 1.96 bits per heavy atom. The minimum Gasteiger partial charge on any atom is -0.479 e. The van der Waals surface area contributed by atoms with Gasteiger partial charge in [0.1, 0.15) is 11.2 Å². The van der Waals surface area contributed by atoms with Gasteiger partial charge < -0.3 is 14.8 Å². The molecule has 1 atom stereocenters. The highest BCUT2D eigenvalue weighted by Gasteiger charge is 2.18. The second-order valence-electron chi connectivity index (χ2n) is 5.54. The summed E-state index contributed by atoms with van der Waals surface area (Å²) in [6, 6.07) is 11.8. The van der Waals surface area contributed by atoms with E-state index in [4.69, 9.17) is 26.3 Å². The number of thiocyanates is 1. The molecule has 2 rings (SSSR count). The van der Waals surface area contributed by atoms with Crippen molar-refractivity contribution >= 4 is 40.9 Å². The van der Waals surface area contributed by atoms with Crippen LogP contribution in [0.25, 0.3) is 0 Å². The molecule has 0 aliphatic carbocycles. The zero-order valence-electron chi connectivity index (χ0n) is 14.7. The third-order valence-electron chi connectivity index (χ3n) is 3.44. The number of carbonyl (C=O) groups is 2. The summed E-state index contributed by atoms with van der Waals surface area (Å²) in [5.74, 6) is -0.650. The number of benzene rings is 2. The molecule has 0 aromatic heterocycles. The van der Waals surface area contributed by atoms with Gasteiger partial charge in [-0.05, 0) is 73.6 Å². The molecule has 2 aromatic rings. The van der Waals surface area contributed by atoms with Crippen molar-refractivity contribution in [1.82, 2.24) is 0 Å². The number of hydrogen-bond acceptors (Lipinski definition) is 6. The summed E-state index contributed by atoms with van der Waals surface area (Å²) in [6.07, 6.45) is -0.872. The predicted molar refractivity (Wildman–Crippen MR) is 104 cm³/mol. The second-order valence-corrected chi connectivity index (χ2v) is 6.83. The monoisotopic (exact) mass is 404 g/mol. The lowest BCUT2D eigenvalue weighted by Gasteiger charge is -2.14. The maximum absolute atomic E-state index is 12.0. The zero-order valence-corrected chi connectivity index (χ0v) is 16.3. The molecule has 140 valence electrons. The number of hydrogen-bond donors (Lipinski definition) is 1. The van der Waals surface area contributed by atoms with Crippen LogP contribution in [0.3, 0.4) is 0 Å². The summed E-state index contributed by atoms with van der Waals surface area (Å²) in [4.78, 5) is 24.7. The van der Waals surface area contributed by atoms with E-state index in [0.29, 0.717) is 16.5 Å². The van der Waals surface area contributed by atoms with E-state index in [1.165, 1.54) is 6.92 Å². The molecule has 0 heterocycles. The Bertz CT molecular complexity index is 865. The van der Waals surface area contributed by atoms with Gasteiger partial charge in [-0.2, -0.15) is 5.26 Å². The molecule has 0 aliphatic rings. The lowest BCUT2D eigenvalue weighted by molar-refractivity contribution is -0.153. The van der Waals surface area contributed by atoms with Gasteiger partial charge in [-0.25, -0.2) is 4.79 Å². The Morgan fingerprint density at radius 3 is 2.59 bits per heavy atom. The molecule has 1 N–H and O–H groups in total. The number of esters is 1. The third kappa shape index (κ3) is 6.51. The number of thioether (sulfide) groups is 1. The largest absolute Gasteiger partial charge is 0.479 e. The summed E-state index contributed by atoms with van der Waals surface area (Å²) in [5, 5.41) is 13.9. The standard InChI is InChI=1S/C19H17ClN2O4S/c1-12-9-16(27-11-21)7-8-17(12)22-18(23)10-25-19(24)13(2)26-15-5-3-14(20)4-6-15/h3-9,13H,10H2,1-2H3,(H,22,23)/t13-/m1/s1. The number of rotatable bonds is 7. The molecule has 0 aliphatic heterocycles. The van der Waals surface area contributed by atoms with Crippen molar-refractivity contribution in [3.8, 4) is 11.2 Å². The number of amides is 1. The van der Waals surface area contributed by atoms with Crippen LogP contribution in [-0.4, -0.2) is 24.6 Å². The number of nitriles is 1. The van der Waals surface area contributed by atoms with Gasteiger partial charge in [0.15, 0.2) is 12.7 Å². The van der Waals surface area contributed by atoms with Gasteiger partial charge >= 0.3 is 5.97 Å². The summed E-state index contributed by atoms with van der Waals surface area (Å²) in [7, 11) is 0. The average molecular weight is 405 g/mol. The highest BCUT2D eigenvalue weighted by molar-refractivity contribution is 8.03. The Balaban J connectivity index is 1.83. The first kappa shape index (κ1) is 20.6. The van der Waals surface area contributed by atoms with Crippen LogP contribution in [0, 0.1) is 17.6 Å². The van der Waals surface area contributed by atoms with E-state index in [-0.39, 0.29) is 0 Å². The molecule has 0 saturated heterocycles. The van der Waals surface area contributed by atoms with Gasteiger partial charge in [-0.1, -0.05) is 11.6 Å². The summed E-state index contributed by atoms with van der Waals surface area (Å²) < 4.78 is 10.4. The zero-order chi connectivity index (χ0) is 19.8. The first-order valence-corrected chi connectivity index (χ1v) is 9.14. The fraction of sp³-hybridized carbons (Fsp3) is 0.211. The Hall–Kier alpha value is -2.69. The fourth-order valence-electron chi connectivity index (χ4n) is 2.10. The van der Waals surface area contributed by atoms with Crippen molar-refractivity contribution in [3.05, 3.63) is 53.1 Å². The Labute approximate surface area is 166 Å². The maximum Gasteiger partial charge on any atom is 0.347 e. The highest BCUT2D eigenvalue weighted by atomic mass is 35.5. The highest BCUT2D eigenvalue weighted by Crippen LogP contribution is 2.23. The number of nitrogens with zero attached hydrogens (tertiary/aromatic N) is 1. The number of ether oxygens (including phenoxy) is 2. The molecule has 27 heavy (non-hydrogen) atoms. The molecule has 0 fully saturated rings. The van der Waals surface area contributed by atoms with E-state index >= 15 is 0 Å². The molecule has 2 aromatic carbocycles. The van der Waals surface area contributed by atoms with Gasteiger partial charge in [0, 0.05) is 15.6 Å². The minimum atomic E-state index is -0.872. The normalized spacial score (nSPS) is 11.2. The lowest BCUT2D eigenvalue weighted by Crippen LogP contribution is -2.29. The smallest absolute Gasteiger partial charge is 0.347 e. The number of anilines is 1. The maximum atomic E-state index is 12.0. The van der Waals surface area contributed by atoms with Gasteiger partial charge in [0.05, 0.1) is 0 Å². The first-order valence-electron chi connectivity index (χ1n) is 7.94. The summed E-state index contributed by atoms with van der Waals surface area (Å²) in [6.45, 7) is 2.91. The van der Waals surface area contributed by atoms with Gasteiger partial charge in [-0.15, -0.1) is 0 Å². The van der Waals surface area contributed by atoms with E-state index in [9.17, 15) is 9.59 Å². The van der Waals surface area contributed by atoms with Crippen molar-refractivity contribution in [2.45, 2.75) is 24.8 Å². The van der Waals surface area contributed by atoms with Crippen LogP contribution in [0.15, 0.2) is 47.4 Å². The van der Waals surface area contributed by atoms with E-state index in [0.717, 1.165) is 22.2 Å². The van der Waals surface area contributed by atoms with Crippen LogP contribution < -0.4 is 10.1 Å². The summed E-state index contributed by atoms with van der Waals surface area (Å²) in [5.41, 5.74) is 1.39. The van der Waals surface area contributed by atoms with E-state index in [1.807, 2.05) is 12.3 Å². The molecule has 0 radical (unpaired) electrons. The van der Waals surface area contributed by atoms with E-state index in [1.54, 1.807) is 42.5 Å². The molecule has 8 heteroatoms. The van der Waals surface area contributed by atoms with Gasteiger partial charge in [0.2, 0.25) is 0 Å². The molecule has 0 saturated carbocycles. The van der Waals surface area contributed by atoms with Crippen molar-refractivity contribution in [3.63, 3.8) is 0 Å². The van der Waals surface area contributed by atoms with Gasteiger partial charge in [0.25, 0.3) is 5.91 Å². The van der Waals surface area contributed by atoms with Gasteiger partial charge in [-0.3, -0.25) is 4.79 Å². The molecule has 0 unspecified atom stereocenters. The second kappa shape index (κ2) is 9.86. The topological polar surface area (TPSA) is 88.4 Å². The summed E-state index contributed by atoms with van der Waals surface area (Å²) >= 11 is 6.83. The predicted octanol–water partition coefficient (Wildman–Crippen LogP) is 4.17. The first-order chi connectivity index (χ1) is 12.9. The minimum absolute atomic E-state index is 0.429. The van der Waals surface area contributed by atoms with E-state index in [2.05, 4.69) is 5.32 Å². The van der Waals surface area contributed by atoms with Crippen molar-refractivity contribution < 1.29 is 19.1 Å². The number of halogens is 1. The SMILES string of the molecule is Cc1cc(SC#N)ccc1NC(=O)COC(=O)[C@@H](C)Oc1ccc(Cl)cc1. The molecule has 0 bridgehead atoms. The number of carbonyl (C=O) groups excluding carboxylic acids is 2. The molecule has 1 amide bonds. The van der Waals surface area contributed by atoms with Crippen LogP contribution in [0.1, 0.15) is 12.5 Å². The molecular weight excluding hydrogens is 388 g/mol. The van der Waals surface area contributed by atoms with Crippen molar-refractivity contribution in [1.29, 1.82) is 5.26 Å². The fourth-order valence-corrected chi connectivity index (χ4v) is 2.70. The van der Waals surface area contributed by atoms with Crippen LogP contribution in [0.5, 0.6) is 5.75 Å².